The Labute approximate surface area is 179 Å². The van der Waals surface area contributed by atoms with Crippen molar-refractivity contribution in [2.24, 2.45) is 0 Å². The van der Waals surface area contributed by atoms with Gasteiger partial charge in [0.05, 0.1) is 6.04 Å². The highest BCUT2D eigenvalue weighted by atomic mass is 19.3. The zero-order chi connectivity index (χ0) is 22.2. The number of fused-ring (bicyclic) bond motifs is 1. The second-order valence-electron chi connectivity index (χ2n) is 8.40. The van der Waals surface area contributed by atoms with Crippen LogP contribution in [0.25, 0.3) is 0 Å². The van der Waals surface area contributed by atoms with Crippen LogP contribution in [0.4, 0.5) is 8.78 Å². The summed E-state index contributed by atoms with van der Waals surface area (Å²) in [6.45, 7) is 3.12. The highest BCUT2D eigenvalue weighted by Crippen LogP contribution is 2.32. The summed E-state index contributed by atoms with van der Waals surface area (Å²) in [6, 6.07) is 11.3. The quantitative estimate of drug-likeness (QED) is 0.527. The Balaban J connectivity index is 1.37. The molecular weight excluding hydrogens is 404 g/mol. The molecule has 8 heteroatoms. The highest BCUT2D eigenvalue weighted by Gasteiger charge is 2.40. The number of hydrogen-bond acceptors (Lipinski definition) is 5. The van der Waals surface area contributed by atoms with Crippen molar-refractivity contribution in [1.82, 2.24) is 15.5 Å². The molecule has 2 aromatic rings. The Morgan fingerprint density at radius 2 is 1.87 bits per heavy atom. The van der Waals surface area contributed by atoms with Gasteiger partial charge >= 0.3 is 5.92 Å². The van der Waals surface area contributed by atoms with E-state index in [9.17, 15) is 23.8 Å². The molecular formula is C23H27F2N3O3. The standard InChI is InChI=1S/C23H27F2N3O3/c1-14-2-6-18(7-3-14)23(24,25)22(31)26-11-15-4-5-16-12-28(13-17(16)10-15)19-8-9-20(29)27-21(19)30/h2-7,10,19-20,22,26,29,31H,8-9,11-13H2,1H3,(H,27,30)/t19?,20-,22+/m0/s1. The van der Waals surface area contributed by atoms with Gasteiger partial charge < -0.3 is 15.5 Å². The minimum absolute atomic E-state index is 0.0893. The van der Waals surface area contributed by atoms with Gasteiger partial charge in [-0.05, 0) is 36.5 Å². The van der Waals surface area contributed by atoms with Gasteiger partial charge in [0.15, 0.2) is 6.23 Å². The van der Waals surface area contributed by atoms with E-state index in [1.165, 1.54) is 12.1 Å². The van der Waals surface area contributed by atoms with E-state index in [1.54, 1.807) is 12.1 Å². The summed E-state index contributed by atoms with van der Waals surface area (Å²) in [6.07, 6.45) is -1.69. The molecule has 2 aromatic carbocycles. The summed E-state index contributed by atoms with van der Waals surface area (Å²) >= 11 is 0. The maximum Gasteiger partial charge on any atom is 0.311 e. The van der Waals surface area contributed by atoms with Crippen LogP contribution >= 0.6 is 0 Å². The van der Waals surface area contributed by atoms with E-state index in [1.807, 2.05) is 25.1 Å². The van der Waals surface area contributed by atoms with Gasteiger partial charge in [-0.1, -0.05) is 48.0 Å². The molecule has 0 bridgehead atoms. The molecule has 2 aliphatic heterocycles. The third kappa shape index (κ3) is 4.62. The van der Waals surface area contributed by atoms with Crippen LogP contribution in [-0.4, -0.2) is 39.5 Å². The fraction of sp³-hybridized carbons (Fsp3) is 0.435. The van der Waals surface area contributed by atoms with Crippen molar-refractivity contribution in [3.63, 3.8) is 0 Å². The summed E-state index contributed by atoms with van der Waals surface area (Å²) in [5.74, 6) is -3.59. The van der Waals surface area contributed by atoms with Crippen LogP contribution in [-0.2, 0) is 30.4 Å². The number of alkyl halides is 2. The number of aliphatic hydroxyl groups is 2. The zero-order valence-corrected chi connectivity index (χ0v) is 17.3. The molecule has 4 N–H and O–H groups in total. The fourth-order valence-corrected chi connectivity index (χ4v) is 4.21. The molecule has 2 aliphatic rings. The monoisotopic (exact) mass is 431 g/mol. The van der Waals surface area contributed by atoms with Crippen molar-refractivity contribution >= 4 is 5.91 Å². The van der Waals surface area contributed by atoms with Gasteiger partial charge in [-0.3, -0.25) is 15.0 Å². The Kier molecular flexibility index (Phi) is 6.07. The number of halogens is 2. The van der Waals surface area contributed by atoms with Crippen molar-refractivity contribution in [2.75, 3.05) is 0 Å². The fourth-order valence-electron chi connectivity index (χ4n) is 4.21. The van der Waals surface area contributed by atoms with Crippen LogP contribution in [0, 0.1) is 6.92 Å². The third-order valence-corrected chi connectivity index (χ3v) is 6.06. The number of nitrogens with one attached hydrogen (secondary N) is 2. The van der Waals surface area contributed by atoms with Crippen LogP contribution in [0.2, 0.25) is 0 Å². The minimum Gasteiger partial charge on any atom is -0.374 e. The van der Waals surface area contributed by atoms with Crippen LogP contribution in [0.15, 0.2) is 42.5 Å². The van der Waals surface area contributed by atoms with Crippen LogP contribution in [0.3, 0.4) is 0 Å². The lowest BCUT2D eigenvalue weighted by molar-refractivity contribution is -0.133. The first kappa shape index (κ1) is 21.8. The first-order valence-electron chi connectivity index (χ1n) is 10.4. The third-order valence-electron chi connectivity index (χ3n) is 6.06. The smallest absolute Gasteiger partial charge is 0.311 e. The van der Waals surface area contributed by atoms with Crippen molar-refractivity contribution < 1.29 is 23.8 Å². The highest BCUT2D eigenvalue weighted by molar-refractivity contribution is 5.82. The normalized spacial score (nSPS) is 22.8. The Bertz CT molecular complexity index is 952. The summed E-state index contributed by atoms with van der Waals surface area (Å²) < 4.78 is 29.1. The lowest BCUT2D eigenvalue weighted by Gasteiger charge is -2.32. The predicted molar refractivity (Wildman–Crippen MR) is 111 cm³/mol. The van der Waals surface area contributed by atoms with Gasteiger partial charge in [0.1, 0.15) is 6.23 Å². The molecule has 0 saturated carbocycles. The van der Waals surface area contributed by atoms with Crippen molar-refractivity contribution in [3.8, 4) is 0 Å². The van der Waals surface area contributed by atoms with E-state index < -0.39 is 18.4 Å². The van der Waals surface area contributed by atoms with E-state index in [-0.39, 0.29) is 24.1 Å². The largest absolute Gasteiger partial charge is 0.374 e. The minimum atomic E-state index is -3.42. The number of rotatable bonds is 6. The molecule has 166 valence electrons. The molecule has 1 amide bonds. The Morgan fingerprint density at radius 3 is 2.58 bits per heavy atom. The van der Waals surface area contributed by atoms with E-state index in [0.717, 1.165) is 22.3 Å². The number of carbonyl (C=O) groups excluding carboxylic acids is 1. The van der Waals surface area contributed by atoms with Gasteiger partial charge in [0, 0.05) is 25.2 Å². The van der Waals surface area contributed by atoms with Crippen LogP contribution in [0.5, 0.6) is 0 Å². The SMILES string of the molecule is Cc1ccc(C(F)(F)[C@@H](O)NCc2ccc3c(c2)CN(C2CC[C@H](O)NC2=O)C3)cc1. The number of benzene rings is 2. The predicted octanol–water partition coefficient (Wildman–Crippen LogP) is 2.11. The second-order valence-corrected chi connectivity index (χ2v) is 8.40. The molecule has 1 saturated heterocycles. The maximum absolute atomic E-state index is 14.6. The lowest BCUT2D eigenvalue weighted by atomic mass is 10.0. The number of amides is 1. The number of carbonyl (C=O) groups is 1. The molecule has 0 aromatic heterocycles. The molecule has 31 heavy (non-hydrogen) atoms. The summed E-state index contributed by atoms with van der Waals surface area (Å²) in [5, 5.41) is 24.8. The number of nitrogens with zero attached hydrogens (tertiary/aromatic N) is 1. The summed E-state index contributed by atoms with van der Waals surface area (Å²) in [5.41, 5.74) is 3.55. The molecule has 4 rings (SSSR count). The van der Waals surface area contributed by atoms with E-state index in [2.05, 4.69) is 15.5 Å². The first-order chi connectivity index (χ1) is 14.7. The van der Waals surface area contributed by atoms with Crippen LogP contribution in [0.1, 0.15) is 40.7 Å². The van der Waals surface area contributed by atoms with Gasteiger partial charge in [0.2, 0.25) is 5.91 Å². The molecule has 2 heterocycles. The zero-order valence-electron chi connectivity index (χ0n) is 17.3. The van der Waals surface area contributed by atoms with Crippen molar-refractivity contribution in [2.45, 2.75) is 63.8 Å². The van der Waals surface area contributed by atoms with Gasteiger partial charge in [-0.25, -0.2) is 0 Å². The van der Waals surface area contributed by atoms with E-state index in [0.29, 0.717) is 25.9 Å². The number of hydrogen-bond donors (Lipinski definition) is 4. The van der Waals surface area contributed by atoms with Gasteiger partial charge in [-0.15, -0.1) is 0 Å². The molecule has 0 spiro atoms. The molecule has 1 fully saturated rings. The number of aliphatic hydroxyl groups excluding tert-OH is 2. The molecule has 6 nitrogen and oxygen atoms in total. The van der Waals surface area contributed by atoms with Gasteiger partial charge in [-0.2, -0.15) is 8.78 Å². The van der Waals surface area contributed by atoms with Crippen molar-refractivity contribution in [1.29, 1.82) is 0 Å². The Morgan fingerprint density at radius 1 is 1.16 bits per heavy atom. The summed E-state index contributed by atoms with van der Waals surface area (Å²) in [4.78, 5) is 14.3. The van der Waals surface area contributed by atoms with Crippen molar-refractivity contribution in [3.05, 3.63) is 70.3 Å². The lowest BCUT2D eigenvalue weighted by Crippen LogP contribution is -2.52. The van der Waals surface area contributed by atoms with Crippen LogP contribution < -0.4 is 10.6 Å². The van der Waals surface area contributed by atoms with E-state index >= 15 is 0 Å². The average molecular weight is 431 g/mol. The topological polar surface area (TPSA) is 84.8 Å². The average Bonchev–Trinajstić information content (AvgIpc) is 3.15. The molecule has 3 atom stereocenters. The first-order valence-corrected chi connectivity index (χ1v) is 10.4. The maximum atomic E-state index is 14.6. The van der Waals surface area contributed by atoms with E-state index in [4.69, 9.17) is 0 Å². The number of piperidine rings is 1. The molecule has 0 aliphatic carbocycles. The van der Waals surface area contributed by atoms with Gasteiger partial charge in [0.25, 0.3) is 0 Å². The second kappa shape index (κ2) is 8.63. The Hall–Kier alpha value is -2.39. The summed E-state index contributed by atoms with van der Waals surface area (Å²) in [7, 11) is 0. The molecule has 0 radical (unpaired) electrons. The molecule has 1 unspecified atom stereocenters. The number of aryl methyl sites for hydroxylation is 1.